The molecule has 0 heterocycles. The molecule has 0 saturated heterocycles. The van der Waals surface area contributed by atoms with Crippen molar-refractivity contribution >= 4 is 39.3 Å². The predicted molar refractivity (Wildman–Crippen MR) is 70.2 cm³/mol. The van der Waals surface area contributed by atoms with Crippen LogP contribution in [0, 0.1) is 0 Å². The van der Waals surface area contributed by atoms with Crippen LogP contribution in [0.3, 0.4) is 0 Å². The molecule has 0 aliphatic heterocycles. The van der Waals surface area contributed by atoms with Crippen molar-refractivity contribution in [2.75, 3.05) is 20.6 Å². The zero-order valence-corrected chi connectivity index (χ0v) is 11.8. The number of likely N-dealkylation sites (N-methyl/N-ethyl adjacent to an activating group) is 2. The number of hydrogen-bond acceptors (Lipinski definition) is 2. The van der Waals surface area contributed by atoms with Gasteiger partial charge in [-0.3, -0.25) is 9.59 Å². The highest BCUT2D eigenvalue weighted by molar-refractivity contribution is 9.10. The molecular formula is C11H12BrClN2O2. The van der Waals surface area contributed by atoms with E-state index >= 15 is 0 Å². The molecule has 0 saturated carbocycles. The van der Waals surface area contributed by atoms with Gasteiger partial charge in [-0.1, -0.05) is 11.6 Å². The number of halogens is 2. The summed E-state index contributed by atoms with van der Waals surface area (Å²) in [6, 6.07) is 4.91. The van der Waals surface area contributed by atoms with E-state index in [1.165, 1.54) is 11.9 Å². The van der Waals surface area contributed by atoms with Crippen LogP contribution in [0.25, 0.3) is 0 Å². The van der Waals surface area contributed by atoms with Crippen LogP contribution in [0.1, 0.15) is 10.4 Å². The summed E-state index contributed by atoms with van der Waals surface area (Å²) in [7, 11) is 3.09. The molecule has 17 heavy (non-hydrogen) atoms. The normalized spacial score (nSPS) is 9.88. The molecule has 1 rings (SSSR count). The molecule has 0 radical (unpaired) electrons. The van der Waals surface area contributed by atoms with E-state index in [4.69, 9.17) is 11.6 Å². The van der Waals surface area contributed by atoms with Crippen LogP contribution in [0.4, 0.5) is 0 Å². The molecule has 0 atom stereocenters. The number of hydrogen-bond donors (Lipinski definition) is 1. The third kappa shape index (κ3) is 3.71. The van der Waals surface area contributed by atoms with Crippen LogP contribution in [0.2, 0.25) is 5.02 Å². The van der Waals surface area contributed by atoms with Gasteiger partial charge in [-0.25, -0.2) is 0 Å². The Hall–Kier alpha value is -1.07. The van der Waals surface area contributed by atoms with Gasteiger partial charge in [0.15, 0.2) is 0 Å². The predicted octanol–water partition coefficient (Wildman–Crippen LogP) is 1.92. The molecule has 0 aliphatic rings. The Morgan fingerprint density at radius 1 is 1.47 bits per heavy atom. The summed E-state index contributed by atoms with van der Waals surface area (Å²) in [5.41, 5.74) is 0.449. The Balaban J connectivity index is 2.81. The molecule has 1 aromatic carbocycles. The highest BCUT2D eigenvalue weighted by Crippen LogP contribution is 2.23. The summed E-state index contributed by atoms with van der Waals surface area (Å²) in [5.74, 6) is -0.466. The summed E-state index contributed by atoms with van der Waals surface area (Å²) in [6.45, 7) is 0.0169. The van der Waals surface area contributed by atoms with E-state index in [0.717, 1.165) is 4.47 Å². The Kier molecular flexibility index (Phi) is 4.96. The lowest BCUT2D eigenvalue weighted by Crippen LogP contribution is -2.36. The topological polar surface area (TPSA) is 49.4 Å². The monoisotopic (exact) mass is 318 g/mol. The van der Waals surface area contributed by atoms with Gasteiger partial charge < -0.3 is 10.2 Å². The number of carbonyl (C=O) groups excluding carboxylic acids is 2. The fourth-order valence-corrected chi connectivity index (χ4v) is 1.64. The first-order valence-electron chi connectivity index (χ1n) is 4.86. The lowest BCUT2D eigenvalue weighted by atomic mass is 10.2. The standard InChI is InChI=1S/C11H12BrClN2O2/c1-14-10(16)6-15(2)11(17)7-3-4-8(12)9(13)5-7/h3-5H,6H2,1-2H3,(H,14,16). The summed E-state index contributed by atoms with van der Waals surface area (Å²) < 4.78 is 0.727. The van der Waals surface area contributed by atoms with E-state index in [0.29, 0.717) is 10.6 Å². The Morgan fingerprint density at radius 3 is 2.65 bits per heavy atom. The van der Waals surface area contributed by atoms with Gasteiger partial charge in [-0.05, 0) is 34.1 Å². The third-order valence-electron chi connectivity index (χ3n) is 2.17. The van der Waals surface area contributed by atoms with E-state index in [9.17, 15) is 9.59 Å². The quantitative estimate of drug-likeness (QED) is 0.925. The molecule has 92 valence electrons. The number of rotatable bonds is 3. The smallest absolute Gasteiger partial charge is 0.254 e. The number of nitrogens with one attached hydrogen (secondary N) is 1. The lowest BCUT2D eigenvalue weighted by Gasteiger charge is -2.16. The average molecular weight is 320 g/mol. The van der Waals surface area contributed by atoms with Gasteiger partial charge in [0, 0.05) is 24.1 Å². The molecule has 1 aromatic rings. The molecule has 0 aliphatic carbocycles. The van der Waals surface area contributed by atoms with Crippen molar-refractivity contribution in [3.63, 3.8) is 0 Å². The minimum absolute atomic E-state index is 0.0169. The van der Waals surface area contributed by atoms with Crippen molar-refractivity contribution in [3.8, 4) is 0 Å². The Labute approximate surface area is 113 Å². The van der Waals surface area contributed by atoms with Crippen LogP contribution in [0.15, 0.2) is 22.7 Å². The summed E-state index contributed by atoms with van der Waals surface area (Å²) in [4.78, 5) is 24.4. The number of carbonyl (C=O) groups is 2. The van der Waals surface area contributed by atoms with Gasteiger partial charge in [0.05, 0.1) is 11.6 Å². The molecular weight excluding hydrogens is 307 g/mol. The van der Waals surface area contributed by atoms with E-state index < -0.39 is 0 Å². The zero-order valence-electron chi connectivity index (χ0n) is 9.46. The van der Waals surface area contributed by atoms with E-state index in [1.54, 1.807) is 25.2 Å². The highest BCUT2D eigenvalue weighted by atomic mass is 79.9. The van der Waals surface area contributed by atoms with Crippen LogP contribution >= 0.6 is 27.5 Å². The molecule has 0 aromatic heterocycles. The Morgan fingerprint density at radius 2 is 2.12 bits per heavy atom. The molecule has 0 fully saturated rings. The van der Waals surface area contributed by atoms with Gasteiger partial charge in [-0.2, -0.15) is 0 Å². The summed E-state index contributed by atoms with van der Waals surface area (Å²) in [6.07, 6.45) is 0. The number of nitrogens with zero attached hydrogens (tertiary/aromatic N) is 1. The van der Waals surface area contributed by atoms with Crippen LogP contribution in [-0.2, 0) is 4.79 Å². The maximum atomic E-state index is 11.9. The second kappa shape index (κ2) is 6.02. The SMILES string of the molecule is CNC(=O)CN(C)C(=O)c1ccc(Br)c(Cl)c1. The average Bonchev–Trinajstić information content (AvgIpc) is 2.31. The molecule has 0 bridgehead atoms. The third-order valence-corrected chi connectivity index (χ3v) is 3.41. The van der Waals surface area contributed by atoms with E-state index in [-0.39, 0.29) is 18.4 Å². The highest BCUT2D eigenvalue weighted by Gasteiger charge is 2.15. The minimum atomic E-state index is -0.247. The first kappa shape index (κ1) is 14.0. The second-order valence-electron chi connectivity index (χ2n) is 3.46. The van der Waals surface area contributed by atoms with E-state index in [2.05, 4.69) is 21.2 Å². The van der Waals surface area contributed by atoms with E-state index in [1.807, 2.05) is 0 Å². The van der Waals surface area contributed by atoms with Crippen molar-refractivity contribution in [2.45, 2.75) is 0 Å². The van der Waals surface area contributed by atoms with Crippen molar-refractivity contribution in [3.05, 3.63) is 33.3 Å². The van der Waals surface area contributed by atoms with Crippen LogP contribution in [0.5, 0.6) is 0 Å². The van der Waals surface area contributed by atoms with Gasteiger partial charge in [-0.15, -0.1) is 0 Å². The molecule has 6 heteroatoms. The number of amides is 2. The van der Waals surface area contributed by atoms with Gasteiger partial charge in [0.25, 0.3) is 5.91 Å². The molecule has 0 spiro atoms. The number of benzene rings is 1. The van der Waals surface area contributed by atoms with Gasteiger partial charge in [0.1, 0.15) is 0 Å². The molecule has 4 nitrogen and oxygen atoms in total. The lowest BCUT2D eigenvalue weighted by molar-refractivity contribution is -0.121. The minimum Gasteiger partial charge on any atom is -0.358 e. The first-order chi connectivity index (χ1) is 7.95. The maximum absolute atomic E-state index is 11.9. The van der Waals surface area contributed by atoms with Crippen LogP contribution in [-0.4, -0.2) is 37.4 Å². The first-order valence-corrected chi connectivity index (χ1v) is 6.04. The summed E-state index contributed by atoms with van der Waals surface area (Å²) in [5, 5.41) is 2.92. The zero-order chi connectivity index (χ0) is 13.0. The Bertz CT molecular complexity index is 451. The molecule has 2 amide bonds. The van der Waals surface area contributed by atoms with Crippen molar-refractivity contribution in [1.82, 2.24) is 10.2 Å². The fourth-order valence-electron chi connectivity index (χ4n) is 1.22. The van der Waals surface area contributed by atoms with Gasteiger partial charge in [0.2, 0.25) is 5.91 Å². The maximum Gasteiger partial charge on any atom is 0.254 e. The van der Waals surface area contributed by atoms with Crippen molar-refractivity contribution in [2.24, 2.45) is 0 Å². The fraction of sp³-hybridized carbons (Fsp3) is 0.273. The van der Waals surface area contributed by atoms with Crippen molar-refractivity contribution in [1.29, 1.82) is 0 Å². The largest absolute Gasteiger partial charge is 0.358 e. The second-order valence-corrected chi connectivity index (χ2v) is 4.72. The molecule has 0 unspecified atom stereocenters. The summed E-state index contributed by atoms with van der Waals surface area (Å²) >= 11 is 9.14. The van der Waals surface area contributed by atoms with Crippen LogP contribution < -0.4 is 5.32 Å². The van der Waals surface area contributed by atoms with Crippen molar-refractivity contribution < 1.29 is 9.59 Å². The van der Waals surface area contributed by atoms with Gasteiger partial charge >= 0.3 is 0 Å². The molecule has 1 N–H and O–H groups in total.